The summed E-state index contributed by atoms with van der Waals surface area (Å²) in [5.74, 6) is -0.617. The van der Waals surface area contributed by atoms with Crippen LogP contribution >= 0.6 is 0 Å². The molecule has 0 aliphatic rings. The van der Waals surface area contributed by atoms with Gasteiger partial charge in [0.1, 0.15) is 6.10 Å². The minimum atomic E-state index is -0.820. The molecule has 6 heteroatoms. The molecule has 0 bridgehead atoms. The van der Waals surface area contributed by atoms with Gasteiger partial charge in [-0.1, -0.05) is 251 Å². The third kappa shape index (κ3) is 44.7. The second-order valence-electron chi connectivity index (χ2n) is 16.7. The van der Waals surface area contributed by atoms with Crippen LogP contribution in [0.3, 0.4) is 0 Å². The Morgan fingerprint density at radius 3 is 1.37 bits per heavy atom. The average Bonchev–Trinajstić information content (AvgIpc) is 3.28. The summed E-state index contributed by atoms with van der Waals surface area (Å²) in [6.45, 7) is 6.21. The summed E-state index contributed by atoms with van der Waals surface area (Å²) >= 11 is 0. The van der Waals surface area contributed by atoms with Crippen LogP contribution in [-0.2, 0) is 14.3 Å². The number of rotatable bonds is 43. The number of esters is 1. The number of ether oxygens (including phenoxy) is 1. The summed E-state index contributed by atoms with van der Waals surface area (Å²) in [6.07, 6.45) is 68.3. The summed E-state index contributed by atoms with van der Waals surface area (Å²) in [4.78, 5) is 26.1. The van der Waals surface area contributed by atoms with Crippen LogP contribution in [0.2, 0.25) is 0 Å². The van der Waals surface area contributed by atoms with Crippen LogP contribution in [-0.4, -0.2) is 46.9 Å². The lowest BCUT2D eigenvalue weighted by atomic mass is 10.0. The highest BCUT2D eigenvalue weighted by atomic mass is 16.5. The van der Waals surface area contributed by atoms with Crippen molar-refractivity contribution in [3.8, 4) is 0 Å². The summed E-state index contributed by atoms with van der Waals surface area (Å²) in [7, 11) is 0. The first-order valence-corrected chi connectivity index (χ1v) is 25.4. The Hall–Kier alpha value is -3.74. The number of aliphatic hydroxyl groups is 2. The van der Waals surface area contributed by atoms with Crippen molar-refractivity contribution in [1.82, 2.24) is 5.32 Å². The van der Waals surface area contributed by atoms with Crippen molar-refractivity contribution >= 4 is 11.9 Å². The molecule has 6 nitrogen and oxygen atoms in total. The second-order valence-corrected chi connectivity index (χ2v) is 16.7. The predicted molar refractivity (Wildman–Crippen MR) is 273 cm³/mol. The standard InChI is InChI=1S/C57H93NO5/c1-4-7-10-13-16-19-22-25-27-29-31-33-36-39-42-45-48-53(63-57(62)50-47-44-41-38-35-30-24-21-18-15-12-9-6-3)51-56(61)58-54(52-59)55(60)49-46-43-40-37-34-32-28-26-23-20-17-14-11-8-5-2/h9-10,12-13,15-16,18-19,21-22,24-25,27,29-31,33,35,38,41,53-55,59-60H,4-8,11,14,17,20,23,26,28,32,34,36-37,39-40,42-52H2,1-3H3,(H,58,61)/b12-9+,13-10+,18-15+,19-16+,24-21-,25-22+,29-27+,33-31+,35-30-,41-38+. The van der Waals surface area contributed by atoms with Gasteiger partial charge in [0, 0.05) is 6.42 Å². The van der Waals surface area contributed by atoms with E-state index in [1.807, 2.05) is 91.1 Å². The lowest BCUT2D eigenvalue weighted by Crippen LogP contribution is -2.46. The van der Waals surface area contributed by atoms with Crippen molar-refractivity contribution < 1.29 is 24.5 Å². The number of unbranched alkanes of at least 4 members (excludes halogenated alkanes) is 19. The predicted octanol–water partition coefficient (Wildman–Crippen LogP) is 15.3. The fraction of sp³-hybridized carbons (Fsp3) is 0.614. The first kappa shape index (κ1) is 59.3. The fourth-order valence-corrected chi connectivity index (χ4v) is 6.96. The molecule has 0 saturated heterocycles. The Bertz CT molecular complexity index is 1350. The van der Waals surface area contributed by atoms with Gasteiger partial charge in [-0.25, -0.2) is 0 Å². The Balaban J connectivity index is 4.79. The van der Waals surface area contributed by atoms with Gasteiger partial charge in [0.15, 0.2) is 0 Å². The Labute approximate surface area is 387 Å². The van der Waals surface area contributed by atoms with Crippen molar-refractivity contribution in [2.75, 3.05) is 6.61 Å². The SMILES string of the molecule is CC/C=C/C=C/C=C\C=C/C=C/CCCC(=O)OC(CCCCC/C=C/C=C/C=C/C=C/C=C/CCC)CC(=O)NC(CO)C(O)CCCCCCCCCCCCCCCCC. The molecule has 0 radical (unpaired) electrons. The van der Waals surface area contributed by atoms with E-state index in [1.165, 1.54) is 77.0 Å². The molecule has 3 unspecified atom stereocenters. The van der Waals surface area contributed by atoms with Gasteiger partial charge in [-0.05, 0) is 57.8 Å². The zero-order valence-electron chi connectivity index (χ0n) is 40.4. The van der Waals surface area contributed by atoms with Crippen LogP contribution in [0.4, 0.5) is 0 Å². The van der Waals surface area contributed by atoms with E-state index >= 15 is 0 Å². The van der Waals surface area contributed by atoms with Gasteiger partial charge >= 0.3 is 5.97 Å². The zero-order valence-corrected chi connectivity index (χ0v) is 40.4. The number of carbonyl (C=O) groups is 2. The van der Waals surface area contributed by atoms with Crippen molar-refractivity contribution in [3.05, 3.63) is 122 Å². The molecule has 3 N–H and O–H groups in total. The van der Waals surface area contributed by atoms with Gasteiger partial charge < -0.3 is 20.3 Å². The highest BCUT2D eigenvalue weighted by molar-refractivity contribution is 5.77. The molecule has 1 amide bonds. The number of allylic oxidation sites excluding steroid dienone is 20. The molecule has 0 aliphatic carbocycles. The Morgan fingerprint density at radius 2 is 0.889 bits per heavy atom. The number of carbonyl (C=O) groups excluding carboxylic acids is 2. The summed E-state index contributed by atoms with van der Waals surface area (Å²) in [6, 6.07) is -0.739. The van der Waals surface area contributed by atoms with Crippen molar-refractivity contribution in [3.63, 3.8) is 0 Å². The lowest BCUT2D eigenvalue weighted by molar-refractivity contribution is -0.151. The normalized spacial score (nSPS) is 14.3. The molecule has 63 heavy (non-hydrogen) atoms. The van der Waals surface area contributed by atoms with E-state index in [2.05, 4.69) is 56.5 Å². The van der Waals surface area contributed by atoms with Crippen molar-refractivity contribution in [2.24, 2.45) is 0 Å². The van der Waals surface area contributed by atoms with Crippen LogP contribution in [0.1, 0.15) is 201 Å². The molecule has 0 spiro atoms. The molecule has 0 fully saturated rings. The van der Waals surface area contributed by atoms with Crippen LogP contribution in [0.5, 0.6) is 0 Å². The van der Waals surface area contributed by atoms with Crippen LogP contribution in [0, 0.1) is 0 Å². The van der Waals surface area contributed by atoms with Crippen LogP contribution in [0.25, 0.3) is 0 Å². The minimum absolute atomic E-state index is 0.0125. The maximum absolute atomic E-state index is 13.2. The number of nitrogens with one attached hydrogen (secondary N) is 1. The molecule has 0 aromatic rings. The average molecular weight is 872 g/mol. The van der Waals surface area contributed by atoms with E-state index < -0.39 is 18.2 Å². The largest absolute Gasteiger partial charge is 0.462 e. The van der Waals surface area contributed by atoms with Crippen LogP contribution in [0.15, 0.2) is 122 Å². The van der Waals surface area contributed by atoms with Gasteiger partial charge in [-0.2, -0.15) is 0 Å². The van der Waals surface area contributed by atoms with Gasteiger partial charge in [0.2, 0.25) is 5.91 Å². The fourth-order valence-electron chi connectivity index (χ4n) is 6.96. The quantitative estimate of drug-likeness (QED) is 0.0322. The summed E-state index contributed by atoms with van der Waals surface area (Å²) in [5.41, 5.74) is 0. The molecule has 0 aromatic carbocycles. The molecular weight excluding hydrogens is 779 g/mol. The lowest BCUT2D eigenvalue weighted by Gasteiger charge is -2.24. The Kier molecular flexibility index (Phi) is 46.4. The number of hydrogen-bond donors (Lipinski definition) is 3. The molecule has 0 heterocycles. The van der Waals surface area contributed by atoms with E-state index in [0.29, 0.717) is 19.3 Å². The van der Waals surface area contributed by atoms with E-state index in [9.17, 15) is 19.8 Å². The molecule has 0 saturated carbocycles. The summed E-state index contributed by atoms with van der Waals surface area (Å²) in [5, 5.41) is 23.8. The molecule has 356 valence electrons. The maximum Gasteiger partial charge on any atom is 0.306 e. The van der Waals surface area contributed by atoms with E-state index in [-0.39, 0.29) is 31.3 Å². The molecule has 0 aromatic heterocycles. The minimum Gasteiger partial charge on any atom is -0.462 e. The van der Waals surface area contributed by atoms with Gasteiger partial charge in [-0.3, -0.25) is 9.59 Å². The van der Waals surface area contributed by atoms with Crippen LogP contribution < -0.4 is 5.32 Å². The molecule has 3 atom stereocenters. The molecule has 0 aliphatic heterocycles. The first-order valence-electron chi connectivity index (χ1n) is 25.4. The topological polar surface area (TPSA) is 95.9 Å². The van der Waals surface area contributed by atoms with Crippen molar-refractivity contribution in [1.29, 1.82) is 0 Å². The molecule has 0 rings (SSSR count). The highest BCUT2D eigenvalue weighted by Gasteiger charge is 2.24. The zero-order chi connectivity index (χ0) is 45.9. The Morgan fingerprint density at radius 1 is 0.476 bits per heavy atom. The number of aliphatic hydroxyl groups excluding tert-OH is 2. The van der Waals surface area contributed by atoms with Gasteiger partial charge in [0.05, 0.1) is 25.2 Å². The third-order valence-electron chi connectivity index (χ3n) is 10.8. The third-order valence-corrected chi connectivity index (χ3v) is 10.8. The van der Waals surface area contributed by atoms with E-state index in [0.717, 1.165) is 70.6 Å². The van der Waals surface area contributed by atoms with Gasteiger partial charge in [0.25, 0.3) is 0 Å². The van der Waals surface area contributed by atoms with Crippen molar-refractivity contribution in [2.45, 2.75) is 219 Å². The second kappa shape index (κ2) is 49.3. The number of amides is 1. The van der Waals surface area contributed by atoms with Gasteiger partial charge in [-0.15, -0.1) is 0 Å². The smallest absolute Gasteiger partial charge is 0.306 e. The maximum atomic E-state index is 13.2. The number of hydrogen-bond acceptors (Lipinski definition) is 5. The first-order chi connectivity index (χ1) is 31.0. The summed E-state index contributed by atoms with van der Waals surface area (Å²) < 4.78 is 5.87. The molecular formula is C57H93NO5. The highest BCUT2D eigenvalue weighted by Crippen LogP contribution is 2.17. The van der Waals surface area contributed by atoms with E-state index in [1.54, 1.807) is 0 Å². The van der Waals surface area contributed by atoms with E-state index in [4.69, 9.17) is 4.74 Å². The monoisotopic (exact) mass is 872 g/mol.